The fourth-order valence-corrected chi connectivity index (χ4v) is 2.58. The highest BCUT2D eigenvalue weighted by Gasteiger charge is 2.23. The first-order valence-corrected chi connectivity index (χ1v) is 8.09. The van der Waals surface area contributed by atoms with E-state index in [1.165, 1.54) is 19.4 Å². The van der Waals surface area contributed by atoms with Crippen LogP contribution in [0.3, 0.4) is 0 Å². The highest BCUT2D eigenvalue weighted by Crippen LogP contribution is 2.42. The number of urea groups is 1. The van der Waals surface area contributed by atoms with Crippen LogP contribution in [-0.4, -0.2) is 29.2 Å². The molecule has 0 heterocycles. The smallest absolute Gasteiger partial charge is 0.332 e. The Bertz CT molecular complexity index is 979. The van der Waals surface area contributed by atoms with Crippen molar-refractivity contribution in [2.75, 3.05) is 7.11 Å². The first kappa shape index (κ1) is 20.6. The molecule has 28 heavy (non-hydrogen) atoms. The maximum Gasteiger partial charge on any atom is 0.332 e. The van der Waals surface area contributed by atoms with Crippen molar-refractivity contribution < 1.29 is 24.1 Å². The van der Waals surface area contributed by atoms with Gasteiger partial charge in [0.2, 0.25) is 5.75 Å². The number of primary amides is 1. The third kappa shape index (κ3) is 4.91. The number of nitro benzene ring substituents is 2. The molecule has 2 amide bonds. The molecule has 0 fully saturated rings. The Labute approximate surface area is 165 Å². The number of hydrogen-bond donors (Lipinski definition) is 2. The lowest BCUT2D eigenvalue weighted by Gasteiger charge is -2.13. The van der Waals surface area contributed by atoms with Gasteiger partial charge in [0.05, 0.1) is 33.7 Å². The summed E-state index contributed by atoms with van der Waals surface area (Å²) in [7, 11) is 1.35. The zero-order valence-electron chi connectivity index (χ0n) is 14.1. The van der Waals surface area contributed by atoms with Crippen LogP contribution in [-0.2, 0) is 0 Å². The number of hydrazone groups is 1. The van der Waals surface area contributed by atoms with E-state index in [1.807, 2.05) is 5.43 Å². The van der Waals surface area contributed by atoms with Gasteiger partial charge in [0.1, 0.15) is 0 Å². The number of non-ortho nitro benzene ring substituents is 1. The minimum atomic E-state index is -0.840. The number of carbonyl (C=O) groups excluding carboxylic acids is 1. The Kier molecular flexibility index (Phi) is 6.44. The van der Waals surface area contributed by atoms with Gasteiger partial charge in [0.25, 0.3) is 5.69 Å². The lowest BCUT2D eigenvalue weighted by molar-refractivity contribution is -0.394. The van der Waals surface area contributed by atoms with Crippen molar-refractivity contribution in [1.29, 1.82) is 0 Å². The summed E-state index contributed by atoms with van der Waals surface area (Å²) in [5.74, 6) is 0.0634. The summed E-state index contributed by atoms with van der Waals surface area (Å²) in [4.78, 5) is 31.2. The van der Waals surface area contributed by atoms with Crippen LogP contribution in [0.1, 0.15) is 5.56 Å². The minimum Gasteiger partial charge on any atom is -0.493 e. The summed E-state index contributed by atoms with van der Waals surface area (Å²) in [6.45, 7) is 0. The summed E-state index contributed by atoms with van der Waals surface area (Å²) in [6, 6.07) is 5.19. The molecular formula is C15H12BrN5O7. The normalized spacial score (nSPS) is 10.5. The first-order valence-electron chi connectivity index (χ1n) is 7.29. The molecule has 0 aliphatic heterocycles. The van der Waals surface area contributed by atoms with E-state index >= 15 is 0 Å². The number of carbonyl (C=O) groups is 1. The number of hydrogen-bond acceptors (Lipinski definition) is 8. The molecule has 2 rings (SSSR count). The predicted octanol–water partition coefficient (Wildman–Crippen LogP) is 3.07. The van der Waals surface area contributed by atoms with Gasteiger partial charge in [0, 0.05) is 6.07 Å². The van der Waals surface area contributed by atoms with E-state index in [2.05, 4.69) is 21.0 Å². The van der Waals surface area contributed by atoms with Crippen molar-refractivity contribution in [2.45, 2.75) is 0 Å². The van der Waals surface area contributed by atoms with Gasteiger partial charge in [-0.25, -0.2) is 10.2 Å². The third-order valence-corrected chi connectivity index (χ3v) is 3.79. The van der Waals surface area contributed by atoms with Gasteiger partial charge in [-0.1, -0.05) is 0 Å². The predicted molar refractivity (Wildman–Crippen MR) is 101 cm³/mol. The number of rotatable bonds is 7. The number of methoxy groups -OCH3 is 1. The monoisotopic (exact) mass is 453 g/mol. The van der Waals surface area contributed by atoms with Crippen molar-refractivity contribution in [1.82, 2.24) is 5.43 Å². The second-order valence-electron chi connectivity index (χ2n) is 5.04. The van der Waals surface area contributed by atoms with Gasteiger partial charge in [-0.05, 0) is 39.7 Å². The fraction of sp³-hybridized carbons (Fsp3) is 0.0667. The molecule has 146 valence electrons. The van der Waals surface area contributed by atoms with E-state index in [0.717, 1.165) is 18.2 Å². The van der Waals surface area contributed by atoms with E-state index in [4.69, 9.17) is 15.2 Å². The van der Waals surface area contributed by atoms with Crippen LogP contribution >= 0.6 is 15.9 Å². The summed E-state index contributed by atoms with van der Waals surface area (Å²) >= 11 is 3.26. The second-order valence-corrected chi connectivity index (χ2v) is 5.89. The maximum absolute atomic E-state index is 11.3. The zero-order chi connectivity index (χ0) is 20.8. The molecule has 0 unspecified atom stereocenters. The molecular weight excluding hydrogens is 442 g/mol. The molecule has 0 saturated heterocycles. The molecule has 2 aromatic carbocycles. The average Bonchev–Trinajstić information content (AvgIpc) is 2.63. The van der Waals surface area contributed by atoms with Crippen LogP contribution in [0.4, 0.5) is 16.2 Å². The molecule has 0 aliphatic carbocycles. The van der Waals surface area contributed by atoms with Gasteiger partial charge < -0.3 is 15.2 Å². The highest BCUT2D eigenvalue weighted by molar-refractivity contribution is 9.10. The highest BCUT2D eigenvalue weighted by atomic mass is 79.9. The van der Waals surface area contributed by atoms with Crippen LogP contribution in [0.15, 0.2) is 39.9 Å². The SMILES string of the molecule is COc1cc(C=NNC(N)=O)cc(Br)c1Oc1ccc([N+](=O)[O-])cc1[N+](=O)[O-]. The Morgan fingerprint density at radius 2 is 1.93 bits per heavy atom. The van der Waals surface area contributed by atoms with E-state index in [-0.39, 0.29) is 17.2 Å². The number of nitrogens with zero attached hydrogens (tertiary/aromatic N) is 3. The molecule has 13 heteroatoms. The number of amides is 2. The van der Waals surface area contributed by atoms with E-state index in [0.29, 0.717) is 10.0 Å². The molecule has 2 aromatic rings. The Balaban J connectivity index is 2.43. The van der Waals surface area contributed by atoms with Crippen LogP contribution in [0.2, 0.25) is 0 Å². The largest absolute Gasteiger partial charge is 0.493 e. The van der Waals surface area contributed by atoms with Crippen LogP contribution in [0, 0.1) is 20.2 Å². The van der Waals surface area contributed by atoms with Crippen molar-refractivity contribution in [3.05, 3.63) is 60.6 Å². The fourth-order valence-electron chi connectivity index (χ4n) is 2.04. The van der Waals surface area contributed by atoms with Gasteiger partial charge in [-0.15, -0.1) is 0 Å². The van der Waals surface area contributed by atoms with Crippen molar-refractivity contribution >= 4 is 39.6 Å². The Morgan fingerprint density at radius 3 is 2.50 bits per heavy atom. The van der Waals surface area contributed by atoms with Gasteiger partial charge in [-0.2, -0.15) is 5.10 Å². The molecule has 0 bridgehead atoms. The average molecular weight is 454 g/mol. The topological polar surface area (TPSA) is 172 Å². The quantitative estimate of drug-likeness (QED) is 0.367. The number of nitrogens with two attached hydrogens (primary N) is 1. The molecule has 0 aromatic heterocycles. The number of nitrogens with one attached hydrogen (secondary N) is 1. The summed E-state index contributed by atoms with van der Waals surface area (Å²) < 4.78 is 11.2. The number of halogens is 1. The Hall–Kier alpha value is -3.74. The summed E-state index contributed by atoms with van der Waals surface area (Å²) in [5.41, 5.74) is 6.40. The third-order valence-electron chi connectivity index (χ3n) is 3.20. The molecule has 0 radical (unpaired) electrons. The molecule has 0 spiro atoms. The standard InChI is InChI=1S/C15H12BrN5O7/c1-27-13-5-8(7-18-19-15(17)22)4-10(16)14(13)28-12-3-2-9(20(23)24)6-11(12)21(25)26/h2-7H,1H3,(H3,17,19,22). The van der Waals surface area contributed by atoms with Gasteiger partial charge in [-0.3, -0.25) is 20.2 Å². The minimum absolute atomic E-state index is 0.0967. The van der Waals surface area contributed by atoms with E-state index in [9.17, 15) is 25.0 Å². The molecule has 0 atom stereocenters. The van der Waals surface area contributed by atoms with Crippen molar-refractivity contribution in [3.63, 3.8) is 0 Å². The van der Waals surface area contributed by atoms with Crippen molar-refractivity contribution in [2.24, 2.45) is 10.8 Å². The molecule has 0 aliphatic rings. The van der Waals surface area contributed by atoms with Crippen LogP contribution in [0.5, 0.6) is 17.2 Å². The van der Waals surface area contributed by atoms with Crippen LogP contribution in [0.25, 0.3) is 0 Å². The summed E-state index contributed by atoms with van der Waals surface area (Å²) in [5, 5.41) is 25.7. The molecule has 0 saturated carbocycles. The van der Waals surface area contributed by atoms with E-state index < -0.39 is 27.3 Å². The number of ether oxygens (including phenoxy) is 2. The Morgan fingerprint density at radius 1 is 1.21 bits per heavy atom. The molecule has 3 N–H and O–H groups in total. The lowest BCUT2D eigenvalue weighted by atomic mass is 10.2. The molecule has 12 nitrogen and oxygen atoms in total. The van der Waals surface area contributed by atoms with Gasteiger partial charge >= 0.3 is 11.7 Å². The second kappa shape index (κ2) is 8.77. The van der Waals surface area contributed by atoms with E-state index in [1.54, 1.807) is 6.07 Å². The zero-order valence-corrected chi connectivity index (χ0v) is 15.7. The van der Waals surface area contributed by atoms with Gasteiger partial charge in [0.15, 0.2) is 11.5 Å². The first-order chi connectivity index (χ1) is 13.2. The number of nitro groups is 2. The van der Waals surface area contributed by atoms with Crippen LogP contribution < -0.4 is 20.6 Å². The maximum atomic E-state index is 11.3. The summed E-state index contributed by atoms with van der Waals surface area (Å²) in [6.07, 6.45) is 1.29. The lowest BCUT2D eigenvalue weighted by Crippen LogP contribution is -2.24. The number of benzene rings is 2. The van der Waals surface area contributed by atoms with Crippen molar-refractivity contribution in [3.8, 4) is 17.2 Å².